The van der Waals surface area contributed by atoms with Gasteiger partial charge < -0.3 is 5.11 Å². The maximum Gasteiger partial charge on any atom is 0.320 e. The summed E-state index contributed by atoms with van der Waals surface area (Å²) in [5.74, 6) is -0.359. The molecule has 0 aliphatic heterocycles. The van der Waals surface area contributed by atoms with E-state index in [-0.39, 0.29) is 6.04 Å². The van der Waals surface area contributed by atoms with E-state index in [0.717, 1.165) is 12.8 Å². The molecule has 1 aromatic rings. The third-order valence-electron chi connectivity index (χ3n) is 3.79. The Bertz CT molecular complexity index is 468. The summed E-state index contributed by atoms with van der Waals surface area (Å²) in [5, 5.41) is 12.7. The van der Waals surface area contributed by atoms with Crippen molar-refractivity contribution in [2.75, 3.05) is 0 Å². The Morgan fingerprint density at radius 2 is 2.21 bits per heavy atom. The molecule has 0 saturated heterocycles. The smallest absolute Gasteiger partial charge is 0.320 e. The van der Waals surface area contributed by atoms with E-state index in [9.17, 15) is 9.90 Å². The van der Waals surface area contributed by atoms with Crippen LogP contribution in [-0.2, 0) is 11.2 Å². The molecule has 2 unspecified atom stereocenters. The van der Waals surface area contributed by atoms with Crippen LogP contribution in [0.2, 0.25) is 0 Å². The molecule has 3 heteroatoms. The van der Waals surface area contributed by atoms with Gasteiger partial charge in [0, 0.05) is 6.04 Å². The molecule has 0 heterocycles. The van der Waals surface area contributed by atoms with E-state index in [1.165, 1.54) is 16.7 Å². The van der Waals surface area contributed by atoms with Gasteiger partial charge in [0.2, 0.25) is 0 Å². The van der Waals surface area contributed by atoms with Crippen LogP contribution in [0.4, 0.5) is 0 Å². The Labute approximate surface area is 115 Å². The molecule has 0 bridgehead atoms. The Kier molecular flexibility index (Phi) is 4.25. The Morgan fingerprint density at radius 3 is 2.84 bits per heavy atom. The zero-order valence-corrected chi connectivity index (χ0v) is 11.9. The molecule has 2 atom stereocenters. The number of carboxylic acids is 1. The largest absolute Gasteiger partial charge is 0.480 e. The van der Waals surface area contributed by atoms with Crippen LogP contribution in [0.1, 0.15) is 49.4 Å². The number of aryl methyl sites for hydroxylation is 2. The molecule has 1 aliphatic carbocycles. The number of carbonyl (C=O) groups is 1. The van der Waals surface area contributed by atoms with Crippen molar-refractivity contribution < 1.29 is 9.90 Å². The number of nitrogens with one attached hydrogen (secondary N) is 1. The topological polar surface area (TPSA) is 49.3 Å². The number of rotatable bonds is 5. The van der Waals surface area contributed by atoms with Crippen LogP contribution in [0, 0.1) is 12.8 Å². The number of hydrogen-bond donors (Lipinski definition) is 2. The minimum absolute atomic E-state index is 0.190. The zero-order chi connectivity index (χ0) is 14.0. The highest BCUT2D eigenvalue weighted by Crippen LogP contribution is 2.32. The Morgan fingerprint density at radius 1 is 1.47 bits per heavy atom. The van der Waals surface area contributed by atoms with Crippen molar-refractivity contribution in [3.63, 3.8) is 0 Å². The van der Waals surface area contributed by atoms with Crippen molar-refractivity contribution in [2.24, 2.45) is 5.92 Å². The molecule has 0 saturated carbocycles. The van der Waals surface area contributed by atoms with Crippen molar-refractivity contribution in [3.05, 3.63) is 34.9 Å². The van der Waals surface area contributed by atoms with Crippen molar-refractivity contribution in [3.8, 4) is 0 Å². The van der Waals surface area contributed by atoms with Crippen LogP contribution in [0.15, 0.2) is 18.2 Å². The number of fused-ring (bicyclic) bond motifs is 1. The lowest BCUT2D eigenvalue weighted by Gasteiger charge is -2.22. The standard InChI is InChI=1S/C16H23NO2/c1-10(2)8-15(16(18)19)17-14-7-6-12-5-4-11(3)9-13(12)14/h4-5,9-10,14-15,17H,6-8H2,1-3H3,(H,18,19). The van der Waals surface area contributed by atoms with Gasteiger partial charge >= 0.3 is 5.97 Å². The predicted octanol–water partition coefficient (Wildman–Crippen LogP) is 3.07. The van der Waals surface area contributed by atoms with Gasteiger partial charge in [0.25, 0.3) is 0 Å². The Balaban J connectivity index is 2.12. The summed E-state index contributed by atoms with van der Waals surface area (Å²) in [6, 6.07) is 6.23. The maximum absolute atomic E-state index is 11.3. The van der Waals surface area contributed by atoms with Crippen molar-refractivity contribution in [2.45, 2.75) is 52.1 Å². The lowest BCUT2D eigenvalue weighted by atomic mass is 10.0. The summed E-state index contributed by atoms with van der Waals surface area (Å²) in [4.78, 5) is 11.3. The molecule has 0 fully saturated rings. The van der Waals surface area contributed by atoms with E-state index in [1.54, 1.807) is 0 Å². The lowest BCUT2D eigenvalue weighted by Crippen LogP contribution is -2.39. The van der Waals surface area contributed by atoms with E-state index >= 15 is 0 Å². The Hall–Kier alpha value is -1.35. The average molecular weight is 261 g/mol. The van der Waals surface area contributed by atoms with Gasteiger partial charge in [-0.15, -0.1) is 0 Å². The third-order valence-corrected chi connectivity index (χ3v) is 3.79. The molecule has 0 amide bonds. The van der Waals surface area contributed by atoms with E-state index in [2.05, 4.69) is 44.3 Å². The molecule has 19 heavy (non-hydrogen) atoms. The first-order valence-electron chi connectivity index (χ1n) is 7.05. The van der Waals surface area contributed by atoms with E-state index in [1.807, 2.05) is 0 Å². The molecule has 2 rings (SSSR count). The number of aliphatic carboxylic acids is 1. The van der Waals surface area contributed by atoms with E-state index in [4.69, 9.17) is 0 Å². The first-order valence-corrected chi connectivity index (χ1v) is 7.05. The average Bonchev–Trinajstić information content (AvgIpc) is 2.70. The summed E-state index contributed by atoms with van der Waals surface area (Å²) >= 11 is 0. The van der Waals surface area contributed by atoms with Gasteiger partial charge in [-0.3, -0.25) is 10.1 Å². The zero-order valence-electron chi connectivity index (χ0n) is 11.9. The predicted molar refractivity (Wildman–Crippen MR) is 76.3 cm³/mol. The third kappa shape index (κ3) is 3.35. The second-order valence-electron chi connectivity index (χ2n) is 5.98. The normalized spacial score (nSPS) is 19.5. The molecular formula is C16H23NO2. The maximum atomic E-state index is 11.3. The van der Waals surface area contributed by atoms with Gasteiger partial charge in [-0.25, -0.2) is 0 Å². The van der Waals surface area contributed by atoms with Crippen molar-refractivity contribution >= 4 is 5.97 Å². The molecule has 0 radical (unpaired) electrons. The van der Waals surface area contributed by atoms with Crippen molar-refractivity contribution in [1.29, 1.82) is 0 Å². The molecule has 1 aromatic carbocycles. The summed E-state index contributed by atoms with van der Waals surface area (Å²) in [6.07, 6.45) is 2.72. The highest BCUT2D eigenvalue weighted by molar-refractivity contribution is 5.73. The molecule has 104 valence electrons. The van der Waals surface area contributed by atoms with Crippen LogP contribution in [0.5, 0.6) is 0 Å². The molecule has 1 aliphatic rings. The SMILES string of the molecule is Cc1ccc2c(c1)C(NC(CC(C)C)C(=O)O)CC2. The lowest BCUT2D eigenvalue weighted by molar-refractivity contribution is -0.140. The molecule has 3 nitrogen and oxygen atoms in total. The molecular weight excluding hydrogens is 238 g/mol. The van der Waals surface area contributed by atoms with Crippen LogP contribution in [0.25, 0.3) is 0 Å². The first-order chi connectivity index (χ1) is 8.97. The summed E-state index contributed by atoms with van der Waals surface area (Å²) in [7, 11) is 0. The van der Waals surface area contributed by atoms with Gasteiger partial charge in [0.1, 0.15) is 6.04 Å². The summed E-state index contributed by atoms with van der Waals surface area (Å²) < 4.78 is 0. The van der Waals surface area contributed by atoms with E-state index < -0.39 is 12.0 Å². The molecule has 0 aromatic heterocycles. The minimum Gasteiger partial charge on any atom is -0.480 e. The molecule has 0 spiro atoms. The number of benzene rings is 1. The first kappa shape index (κ1) is 14.1. The van der Waals surface area contributed by atoms with Gasteiger partial charge in [0.15, 0.2) is 0 Å². The van der Waals surface area contributed by atoms with Gasteiger partial charge in [0.05, 0.1) is 0 Å². The monoisotopic (exact) mass is 261 g/mol. The summed E-state index contributed by atoms with van der Waals surface area (Å²) in [5.41, 5.74) is 3.88. The van der Waals surface area contributed by atoms with Crippen molar-refractivity contribution in [1.82, 2.24) is 5.32 Å². The second-order valence-corrected chi connectivity index (χ2v) is 5.98. The van der Waals surface area contributed by atoms with Crippen LogP contribution < -0.4 is 5.32 Å². The fourth-order valence-electron chi connectivity index (χ4n) is 2.85. The van der Waals surface area contributed by atoms with Gasteiger partial charge in [-0.2, -0.15) is 0 Å². The summed E-state index contributed by atoms with van der Waals surface area (Å²) in [6.45, 7) is 6.20. The van der Waals surface area contributed by atoms with E-state index in [0.29, 0.717) is 12.3 Å². The molecule has 2 N–H and O–H groups in total. The highest BCUT2D eigenvalue weighted by Gasteiger charge is 2.28. The van der Waals surface area contributed by atoms with Crippen LogP contribution >= 0.6 is 0 Å². The second kappa shape index (κ2) is 5.74. The highest BCUT2D eigenvalue weighted by atomic mass is 16.4. The minimum atomic E-state index is -0.741. The fraction of sp³-hybridized carbons (Fsp3) is 0.562. The number of carboxylic acid groups (broad SMARTS) is 1. The quantitative estimate of drug-likeness (QED) is 0.856. The van der Waals surface area contributed by atoms with Crippen LogP contribution in [-0.4, -0.2) is 17.1 Å². The van der Waals surface area contributed by atoms with Crippen LogP contribution in [0.3, 0.4) is 0 Å². The number of hydrogen-bond acceptors (Lipinski definition) is 2. The van der Waals surface area contributed by atoms with Gasteiger partial charge in [-0.1, -0.05) is 37.6 Å². The van der Waals surface area contributed by atoms with Gasteiger partial charge in [-0.05, 0) is 43.2 Å². The fourth-order valence-corrected chi connectivity index (χ4v) is 2.85.